The molecule has 1 unspecified atom stereocenters. The average molecular weight is 467 g/mol. The van der Waals surface area contributed by atoms with Gasteiger partial charge in [0, 0.05) is 18.7 Å². The Morgan fingerprint density at radius 1 is 0.971 bits per heavy atom. The van der Waals surface area contributed by atoms with Gasteiger partial charge in [-0.2, -0.15) is 0 Å². The van der Waals surface area contributed by atoms with Crippen molar-refractivity contribution in [1.29, 1.82) is 0 Å². The van der Waals surface area contributed by atoms with Crippen LogP contribution in [-0.4, -0.2) is 67.0 Å². The van der Waals surface area contributed by atoms with Gasteiger partial charge in [0.2, 0.25) is 0 Å². The number of aliphatic hydroxyl groups excluding tert-OH is 1. The Kier molecular flexibility index (Phi) is 8.71. The number of Topliss-reactive ketones (excluding diaryl/α,β-unsaturated/α-hetero) is 1. The molecule has 7 nitrogen and oxygen atoms in total. The minimum Gasteiger partial charge on any atom is -0.507 e. The van der Waals surface area contributed by atoms with Crippen LogP contribution in [0.5, 0.6) is 11.5 Å². The van der Waals surface area contributed by atoms with Crippen LogP contribution in [0.4, 0.5) is 0 Å². The largest absolute Gasteiger partial charge is 0.507 e. The maximum Gasteiger partial charge on any atom is 0.295 e. The van der Waals surface area contributed by atoms with Crippen LogP contribution in [0.25, 0.3) is 5.76 Å². The van der Waals surface area contributed by atoms with Crippen LogP contribution in [0, 0.1) is 0 Å². The third-order valence-electron chi connectivity index (χ3n) is 5.58. The molecule has 1 fully saturated rings. The molecule has 1 aliphatic rings. The first-order valence-corrected chi connectivity index (χ1v) is 11.8. The van der Waals surface area contributed by atoms with Crippen molar-refractivity contribution in [2.45, 2.75) is 32.7 Å². The molecule has 1 aliphatic heterocycles. The molecule has 1 atom stereocenters. The van der Waals surface area contributed by atoms with Gasteiger partial charge in [0.25, 0.3) is 11.7 Å². The topological polar surface area (TPSA) is 79.3 Å². The number of amides is 1. The summed E-state index contributed by atoms with van der Waals surface area (Å²) in [4.78, 5) is 29.7. The molecule has 2 aromatic rings. The lowest BCUT2D eigenvalue weighted by molar-refractivity contribution is -0.140. The number of likely N-dealkylation sites (tertiary alicyclic amines) is 1. The summed E-state index contributed by atoms with van der Waals surface area (Å²) in [5.41, 5.74) is 1.26. The van der Waals surface area contributed by atoms with Gasteiger partial charge in [-0.05, 0) is 56.8 Å². The number of ketones is 1. The molecule has 1 heterocycles. The maximum atomic E-state index is 13.1. The van der Waals surface area contributed by atoms with Crippen molar-refractivity contribution in [3.8, 4) is 11.5 Å². The van der Waals surface area contributed by atoms with Crippen molar-refractivity contribution in [3.05, 3.63) is 65.2 Å². The predicted octanol–water partition coefficient (Wildman–Crippen LogP) is 4.25. The molecule has 34 heavy (non-hydrogen) atoms. The Labute approximate surface area is 201 Å². The summed E-state index contributed by atoms with van der Waals surface area (Å²) in [6.07, 6.45) is 1.75. The van der Waals surface area contributed by atoms with Crippen LogP contribution in [-0.2, 0) is 9.59 Å². The second-order valence-corrected chi connectivity index (χ2v) is 8.59. The van der Waals surface area contributed by atoms with Gasteiger partial charge in [-0.1, -0.05) is 38.1 Å². The number of aliphatic hydroxyl groups is 1. The van der Waals surface area contributed by atoms with Gasteiger partial charge in [0.05, 0.1) is 24.8 Å². The van der Waals surface area contributed by atoms with E-state index in [1.54, 1.807) is 24.3 Å². The fraction of sp³-hybridized carbons (Fsp3) is 0.407. The lowest BCUT2D eigenvalue weighted by atomic mass is 9.95. The van der Waals surface area contributed by atoms with Crippen LogP contribution >= 0.6 is 0 Å². The van der Waals surface area contributed by atoms with Gasteiger partial charge >= 0.3 is 0 Å². The number of benzene rings is 2. The maximum absolute atomic E-state index is 13.1. The van der Waals surface area contributed by atoms with E-state index in [-0.39, 0.29) is 11.3 Å². The molecular weight excluding hydrogens is 432 g/mol. The summed E-state index contributed by atoms with van der Waals surface area (Å²) < 4.78 is 11.4. The zero-order valence-corrected chi connectivity index (χ0v) is 20.4. The molecule has 2 aromatic carbocycles. The van der Waals surface area contributed by atoms with Crippen molar-refractivity contribution >= 4 is 17.4 Å². The molecule has 182 valence electrons. The van der Waals surface area contributed by atoms with Crippen molar-refractivity contribution in [3.63, 3.8) is 0 Å². The van der Waals surface area contributed by atoms with Gasteiger partial charge < -0.3 is 24.4 Å². The number of carbonyl (C=O) groups is 2. The highest BCUT2D eigenvalue weighted by Crippen LogP contribution is 2.40. The molecule has 0 saturated carbocycles. The van der Waals surface area contributed by atoms with Crippen LogP contribution in [0.2, 0.25) is 0 Å². The smallest absolute Gasteiger partial charge is 0.295 e. The number of carbonyl (C=O) groups excluding carboxylic acids is 2. The molecule has 7 heteroatoms. The number of rotatable bonds is 11. The van der Waals surface area contributed by atoms with Gasteiger partial charge in [-0.25, -0.2) is 0 Å². The number of hydrogen-bond acceptors (Lipinski definition) is 6. The SMILES string of the molecule is CCCOc1ccc(C2/C(=C(\O)c3cccc(OCCC)c3)C(=O)C(=O)N2CCN(C)C)cc1. The number of hydrogen-bond donors (Lipinski definition) is 1. The third kappa shape index (κ3) is 5.78. The van der Waals surface area contributed by atoms with Crippen molar-refractivity contribution in [2.24, 2.45) is 0 Å². The summed E-state index contributed by atoms with van der Waals surface area (Å²) in [5, 5.41) is 11.2. The van der Waals surface area contributed by atoms with Gasteiger partial charge in [0.15, 0.2) is 0 Å². The average Bonchev–Trinajstić information content (AvgIpc) is 3.09. The Bertz CT molecular complexity index is 1030. The van der Waals surface area contributed by atoms with E-state index in [1.807, 2.05) is 57.1 Å². The first kappa shape index (κ1) is 25.3. The lowest BCUT2D eigenvalue weighted by Crippen LogP contribution is -2.35. The minimum atomic E-state index is -0.694. The summed E-state index contributed by atoms with van der Waals surface area (Å²) in [6, 6.07) is 13.6. The van der Waals surface area contributed by atoms with Gasteiger partial charge in [-0.15, -0.1) is 0 Å². The van der Waals surface area contributed by atoms with Crippen LogP contribution in [0.15, 0.2) is 54.1 Å². The van der Waals surface area contributed by atoms with Crippen LogP contribution in [0.3, 0.4) is 0 Å². The van der Waals surface area contributed by atoms with E-state index in [0.717, 1.165) is 24.2 Å². The van der Waals surface area contributed by atoms with Crippen LogP contribution in [0.1, 0.15) is 43.9 Å². The van der Waals surface area contributed by atoms with Crippen molar-refractivity contribution < 1.29 is 24.2 Å². The van der Waals surface area contributed by atoms with E-state index >= 15 is 0 Å². The summed E-state index contributed by atoms with van der Waals surface area (Å²) in [6.45, 7) is 6.14. The van der Waals surface area contributed by atoms with E-state index in [4.69, 9.17) is 9.47 Å². The molecule has 1 saturated heterocycles. The Hall–Kier alpha value is -3.32. The van der Waals surface area contributed by atoms with Gasteiger partial charge in [0.1, 0.15) is 17.3 Å². The molecule has 0 radical (unpaired) electrons. The molecule has 0 bridgehead atoms. The second-order valence-electron chi connectivity index (χ2n) is 8.59. The molecule has 1 amide bonds. The molecule has 0 spiro atoms. The number of ether oxygens (including phenoxy) is 2. The fourth-order valence-electron chi connectivity index (χ4n) is 3.84. The molecule has 0 aromatic heterocycles. The summed E-state index contributed by atoms with van der Waals surface area (Å²) in [7, 11) is 3.82. The summed E-state index contributed by atoms with van der Waals surface area (Å²) in [5.74, 6) is -0.187. The molecule has 3 rings (SSSR count). The van der Waals surface area contributed by atoms with E-state index in [2.05, 4.69) is 0 Å². The Balaban J connectivity index is 2.05. The predicted molar refractivity (Wildman–Crippen MR) is 132 cm³/mol. The highest BCUT2D eigenvalue weighted by Gasteiger charge is 2.45. The first-order valence-electron chi connectivity index (χ1n) is 11.8. The Morgan fingerprint density at radius 2 is 1.62 bits per heavy atom. The van der Waals surface area contributed by atoms with E-state index in [1.165, 1.54) is 4.90 Å². The zero-order chi connectivity index (χ0) is 24.7. The van der Waals surface area contributed by atoms with Gasteiger partial charge in [-0.3, -0.25) is 9.59 Å². The van der Waals surface area contributed by atoms with E-state index in [0.29, 0.717) is 37.6 Å². The highest BCUT2D eigenvalue weighted by molar-refractivity contribution is 6.46. The highest BCUT2D eigenvalue weighted by atomic mass is 16.5. The quantitative estimate of drug-likeness (QED) is 0.303. The third-order valence-corrected chi connectivity index (χ3v) is 5.58. The van der Waals surface area contributed by atoms with E-state index in [9.17, 15) is 14.7 Å². The lowest BCUT2D eigenvalue weighted by Gasteiger charge is -2.26. The Morgan fingerprint density at radius 3 is 2.24 bits per heavy atom. The number of likely N-dealkylation sites (N-methyl/N-ethyl adjacent to an activating group) is 1. The monoisotopic (exact) mass is 466 g/mol. The molecular formula is C27H34N2O5. The standard InChI is InChI=1S/C27H34N2O5/c1-5-16-33-21-12-10-19(11-13-21)24-23(26(31)27(32)29(24)15-14-28(3)4)25(30)20-8-7-9-22(18-20)34-17-6-2/h7-13,18,24,30H,5-6,14-17H2,1-4H3/b25-23+. The molecule has 0 aliphatic carbocycles. The second kappa shape index (κ2) is 11.7. The van der Waals surface area contributed by atoms with E-state index < -0.39 is 17.7 Å². The van der Waals surface area contributed by atoms with Crippen molar-refractivity contribution in [2.75, 3.05) is 40.4 Å². The zero-order valence-electron chi connectivity index (χ0n) is 20.4. The van der Waals surface area contributed by atoms with Crippen LogP contribution < -0.4 is 9.47 Å². The normalized spacial score (nSPS) is 17.4. The first-order chi connectivity index (χ1) is 16.4. The number of nitrogens with zero attached hydrogens (tertiary/aromatic N) is 2. The molecule has 1 N–H and O–H groups in total. The minimum absolute atomic E-state index is 0.0821. The fourth-order valence-corrected chi connectivity index (χ4v) is 3.84. The van der Waals surface area contributed by atoms with Crippen molar-refractivity contribution in [1.82, 2.24) is 9.80 Å². The summed E-state index contributed by atoms with van der Waals surface area (Å²) >= 11 is 0.